The zero-order valence-corrected chi connectivity index (χ0v) is 13.0. The maximum atomic E-state index is 3.83. The van der Waals surface area contributed by atoms with E-state index in [2.05, 4.69) is 17.1 Å². The van der Waals surface area contributed by atoms with Gasteiger partial charge in [0.15, 0.2) is 0 Å². The Labute approximate surface area is 120 Å². The van der Waals surface area contributed by atoms with Crippen LogP contribution in [0, 0.1) is 5.92 Å². The van der Waals surface area contributed by atoms with Crippen molar-refractivity contribution in [3.05, 3.63) is 0 Å². The van der Waals surface area contributed by atoms with Gasteiger partial charge in [0.1, 0.15) is 0 Å². The monoisotopic (exact) mass is 266 g/mol. The van der Waals surface area contributed by atoms with E-state index >= 15 is 0 Å². The summed E-state index contributed by atoms with van der Waals surface area (Å²) in [5, 5.41) is 3.83. The molecule has 3 unspecified atom stereocenters. The zero-order valence-electron chi connectivity index (χ0n) is 13.0. The first-order valence-electron chi connectivity index (χ1n) is 8.86. The molecule has 3 atom stereocenters. The van der Waals surface area contributed by atoms with Crippen molar-refractivity contribution in [2.24, 2.45) is 5.92 Å². The minimum Gasteiger partial charge on any atom is -0.314 e. The van der Waals surface area contributed by atoms with Crippen LogP contribution in [0.1, 0.15) is 71.1 Å². The minimum absolute atomic E-state index is 0.836. The molecule has 0 aromatic rings. The number of fused-ring (bicyclic) bond motifs is 2. The van der Waals surface area contributed by atoms with Crippen molar-refractivity contribution in [3.8, 4) is 0 Å². The lowest BCUT2D eigenvalue weighted by molar-refractivity contribution is 0.221. The molecule has 0 amide bonds. The molecule has 0 radical (unpaired) electrons. The van der Waals surface area contributed by atoms with Gasteiger partial charge in [-0.05, 0) is 44.8 Å². The third-order valence-electron chi connectivity index (χ3n) is 5.07. The summed E-state index contributed by atoms with van der Waals surface area (Å²) < 4.78 is 0. The lowest BCUT2D eigenvalue weighted by Gasteiger charge is -2.31. The number of hydrogen-bond acceptors (Lipinski definition) is 2. The number of piperidine rings is 1. The van der Waals surface area contributed by atoms with E-state index in [9.17, 15) is 0 Å². The summed E-state index contributed by atoms with van der Waals surface area (Å²) in [4.78, 5) is 2.64. The molecule has 2 saturated heterocycles. The van der Waals surface area contributed by atoms with Gasteiger partial charge in [-0.15, -0.1) is 0 Å². The summed E-state index contributed by atoms with van der Waals surface area (Å²) in [6, 6.07) is 0.836. The largest absolute Gasteiger partial charge is 0.314 e. The number of hydrogen-bond donors (Lipinski definition) is 1. The Hall–Kier alpha value is -0.0800. The Bertz CT molecular complexity index is 229. The maximum absolute atomic E-state index is 3.83. The van der Waals surface area contributed by atoms with Crippen molar-refractivity contribution in [2.45, 2.75) is 77.2 Å². The van der Waals surface area contributed by atoms with E-state index in [-0.39, 0.29) is 0 Å². The molecule has 112 valence electrons. The first-order chi connectivity index (χ1) is 9.40. The molecule has 0 aliphatic carbocycles. The van der Waals surface area contributed by atoms with Gasteiger partial charge in [-0.2, -0.15) is 0 Å². The zero-order chi connectivity index (χ0) is 13.3. The maximum Gasteiger partial charge on any atom is 0.0120 e. The number of rotatable bonds is 10. The van der Waals surface area contributed by atoms with Crippen LogP contribution in [0.25, 0.3) is 0 Å². The van der Waals surface area contributed by atoms with E-state index in [4.69, 9.17) is 0 Å². The van der Waals surface area contributed by atoms with Crippen molar-refractivity contribution in [2.75, 3.05) is 26.2 Å². The summed E-state index contributed by atoms with van der Waals surface area (Å²) in [7, 11) is 0. The molecule has 2 aliphatic rings. The fraction of sp³-hybridized carbons (Fsp3) is 1.00. The van der Waals surface area contributed by atoms with Crippen molar-refractivity contribution in [1.82, 2.24) is 10.2 Å². The normalized spacial score (nSPS) is 29.8. The molecule has 2 nitrogen and oxygen atoms in total. The van der Waals surface area contributed by atoms with Gasteiger partial charge in [0.2, 0.25) is 0 Å². The lowest BCUT2D eigenvalue weighted by Crippen LogP contribution is -2.44. The second kappa shape index (κ2) is 8.97. The van der Waals surface area contributed by atoms with Crippen LogP contribution < -0.4 is 5.32 Å². The van der Waals surface area contributed by atoms with Crippen LogP contribution in [-0.4, -0.2) is 37.1 Å². The van der Waals surface area contributed by atoms with Crippen molar-refractivity contribution < 1.29 is 0 Å². The van der Waals surface area contributed by atoms with Gasteiger partial charge in [-0.3, -0.25) is 0 Å². The number of nitrogens with one attached hydrogen (secondary N) is 1. The summed E-state index contributed by atoms with van der Waals surface area (Å²) in [5.74, 6) is 0.961. The quantitative estimate of drug-likeness (QED) is 0.605. The Morgan fingerprint density at radius 3 is 2.37 bits per heavy atom. The average molecular weight is 266 g/mol. The third-order valence-corrected chi connectivity index (χ3v) is 5.07. The van der Waals surface area contributed by atoms with Crippen LogP contribution in [0.5, 0.6) is 0 Å². The minimum atomic E-state index is 0.836. The second-order valence-corrected chi connectivity index (χ2v) is 6.67. The molecule has 2 fully saturated rings. The molecule has 0 aromatic carbocycles. The number of unbranched alkanes of at least 4 members (excludes halogenated alkanes) is 7. The first-order valence-corrected chi connectivity index (χ1v) is 8.86. The van der Waals surface area contributed by atoms with E-state index < -0.39 is 0 Å². The molecule has 1 N–H and O–H groups in total. The molecule has 0 aromatic heterocycles. The van der Waals surface area contributed by atoms with Gasteiger partial charge in [-0.1, -0.05) is 51.9 Å². The van der Waals surface area contributed by atoms with Crippen LogP contribution in [0.3, 0.4) is 0 Å². The van der Waals surface area contributed by atoms with Gasteiger partial charge in [0.05, 0.1) is 0 Å². The molecule has 2 aliphatic heterocycles. The van der Waals surface area contributed by atoms with Crippen LogP contribution in [-0.2, 0) is 0 Å². The molecule has 19 heavy (non-hydrogen) atoms. The topological polar surface area (TPSA) is 15.3 Å². The predicted molar refractivity (Wildman–Crippen MR) is 83.6 cm³/mol. The molecule has 2 heterocycles. The Morgan fingerprint density at radius 2 is 1.58 bits per heavy atom. The van der Waals surface area contributed by atoms with E-state index in [1.165, 1.54) is 90.4 Å². The summed E-state index contributed by atoms with van der Waals surface area (Å²) in [5.41, 5.74) is 0. The Balaban J connectivity index is 1.40. The first kappa shape index (κ1) is 15.3. The average Bonchev–Trinajstić information content (AvgIpc) is 2.82. The lowest BCUT2D eigenvalue weighted by atomic mass is 9.94. The van der Waals surface area contributed by atoms with Crippen LogP contribution in [0.15, 0.2) is 0 Å². The van der Waals surface area contributed by atoms with E-state index in [1.54, 1.807) is 0 Å². The summed E-state index contributed by atoms with van der Waals surface area (Å²) >= 11 is 0. The van der Waals surface area contributed by atoms with Crippen LogP contribution >= 0.6 is 0 Å². The van der Waals surface area contributed by atoms with Gasteiger partial charge >= 0.3 is 0 Å². The third kappa shape index (κ3) is 5.43. The standard InChI is InChI=1S/C17H34N2/c1-2-3-4-5-6-7-8-9-12-18-17-11-14-19-13-10-16(17)15-19/h16-18H,2-15H2,1H3. The van der Waals surface area contributed by atoms with Crippen LogP contribution in [0.4, 0.5) is 0 Å². The highest BCUT2D eigenvalue weighted by atomic mass is 15.2. The fourth-order valence-corrected chi connectivity index (χ4v) is 3.77. The van der Waals surface area contributed by atoms with Gasteiger partial charge in [0.25, 0.3) is 0 Å². The van der Waals surface area contributed by atoms with E-state index in [0.29, 0.717) is 0 Å². The molecule has 2 rings (SSSR count). The Kier molecular flexibility index (Phi) is 7.23. The van der Waals surface area contributed by atoms with E-state index in [0.717, 1.165) is 12.0 Å². The van der Waals surface area contributed by atoms with Crippen LogP contribution in [0.2, 0.25) is 0 Å². The van der Waals surface area contributed by atoms with Gasteiger partial charge in [-0.25, -0.2) is 0 Å². The van der Waals surface area contributed by atoms with Crippen molar-refractivity contribution in [1.29, 1.82) is 0 Å². The summed E-state index contributed by atoms with van der Waals surface area (Å²) in [6.07, 6.45) is 14.3. The SMILES string of the molecule is CCCCCCCCCCNC1CCN2CCC1C2. The molecular formula is C17H34N2. The highest BCUT2D eigenvalue weighted by Gasteiger charge is 2.33. The Morgan fingerprint density at radius 1 is 0.895 bits per heavy atom. The molecule has 2 bridgehead atoms. The predicted octanol–water partition coefficient (Wildman–Crippen LogP) is 3.81. The number of nitrogens with zero attached hydrogens (tertiary/aromatic N) is 1. The molecule has 2 heteroatoms. The highest BCUT2D eigenvalue weighted by molar-refractivity contribution is 4.90. The second-order valence-electron chi connectivity index (χ2n) is 6.67. The molecular weight excluding hydrogens is 232 g/mol. The highest BCUT2D eigenvalue weighted by Crippen LogP contribution is 2.26. The van der Waals surface area contributed by atoms with Crippen molar-refractivity contribution >= 4 is 0 Å². The van der Waals surface area contributed by atoms with E-state index in [1.807, 2.05) is 0 Å². The smallest absolute Gasteiger partial charge is 0.0120 e. The van der Waals surface area contributed by atoms with Crippen molar-refractivity contribution in [3.63, 3.8) is 0 Å². The molecule has 0 saturated carbocycles. The van der Waals surface area contributed by atoms with Gasteiger partial charge < -0.3 is 10.2 Å². The summed E-state index contributed by atoms with van der Waals surface area (Å²) in [6.45, 7) is 7.62. The molecule has 0 spiro atoms. The van der Waals surface area contributed by atoms with Gasteiger partial charge in [0, 0.05) is 12.6 Å². The fourth-order valence-electron chi connectivity index (χ4n) is 3.77.